The van der Waals surface area contributed by atoms with Crippen LogP contribution in [0.5, 0.6) is 11.5 Å². The fourth-order valence-electron chi connectivity index (χ4n) is 2.14. The van der Waals surface area contributed by atoms with Gasteiger partial charge in [0.2, 0.25) is 0 Å². The van der Waals surface area contributed by atoms with Gasteiger partial charge in [-0.05, 0) is 24.7 Å². The number of aromatic nitrogens is 2. The van der Waals surface area contributed by atoms with Gasteiger partial charge >= 0.3 is 0 Å². The second kappa shape index (κ2) is 6.86. The van der Waals surface area contributed by atoms with E-state index in [-0.39, 0.29) is 6.04 Å². The van der Waals surface area contributed by atoms with Gasteiger partial charge in [0.1, 0.15) is 17.8 Å². The Hall–Kier alpha value is -2.14. The number of methoxy groups -OCH3 is 2. The molecule has 0 amide bonds. The van der Waals surface area contributed by atoms with Crippen LogP contribution in [0.25, 0.3) is 0 Å². The van der Waals surface area contributed by atoms with Crippen molar-refractivity contribution in [3.8, 4) is 11.5 Å². The van der Waals surface area contributed by atoms with Gasteiger partial charge in [0.05, 0.1) is 20.3 Å². The summed E-state index contributed by atoms with van der Waals surface area (Å²) in [6.45, 7) is 2.88. The number of hydrogen-bond acceptors (Lipinski definition) is 5. The average Bonchev–Trinajstić information content (AvgIpc) is 2.53. The lowest BCUT2D eigenvalue weighted by Gasteiger charge is -2.21. The Kier molecular flexibility index (Phi) is 4.90. The monoisotopic (exact) mass is 273 g/mol. The molecule has 1 unspecified atom stereocenters. The van der Waals surface area contributed by atoms with Crippen LogP contribution in [0.4, 0.5) is 0 Å². The molecule has 1 aromatic heterocycles. The second-order valence-electron chi connectivity index (χ2n) is 4.27. The molecule has 20 heavy (non-hydrogen) atoms. The summed E-state index contributed by atoms with van der Waals surface area (Å²) in [5.74, 6) is 1.60. The molecule has 106 valence electrons. The SMILES string of the molecule is CCNC(c1cncnc1)c1cc(OC)ccc1OC. The Balaban J connectivity index is 2.48. The summed E-state index contributed by atoms with van der Waals surface area (Å²) < 4.78 is 10.8. The Morgan fingerprint density at radius 2 is 1.90 bits per heavy atom. The standard InChI is InChI=1S/C15H19N3O2/c1-4-18-15(11-8-16-10-17-9-11)13-7-12(19-2)5-6-14(13)20-3/h5-10,15,18H,4H2,1-3H3. The third kappa shape index (κ3) is 3.05. The van der Waals surface area contributed by atoms with Gasteiger partial charge in [0.25, 0.3) is 0 Å². The minimum atomic E-state index is -0.0359. The zero-order chi connectivity index (χ0) is 14.4. The van der Waals surface area contributed by atoms with Gasteiger partial charge in [0.15, 0.2) is 0 Å². The van der Waals surface area contributed by atoms with Gasteiger partial charge in [-0.3, -0.25) is 0 Å². The van der Waals surface area contributed by atoms with Gasteiger partial charge in [0, 0.05) is 23.5 Å². The van der Waals surface area contributed by atoms with Crippen molar-refractivity contribution in [3.05, 3.63) is 48.0 Å². The number of hydrogen-bond donors (Lipinski definition) is 1. The average molecular weight is 273 g/mol. The Morgan fingerprint density at radius 3 is 2.50 bits per heavy atom. The largest absolute Gasteiger partial charge is 0.497 e. The molecule has 5 nitrogen and oxygen atoms in total. The molecule has 0 aliphatic rings. The van der Waals surface area contributed by atoms with Crippen LogP contribution in [0.3, 0.4) is 0 Å². The summed E-state index contributed by atoms with van der Waals surface area (Å²) in [5.41, 5.74) is 1.99. The zero-order valence-corrected chi connectivity index (χ0v) is 12.0. The van der Waals surface area contributed by atoms with Crippen LogP contribution in [-0.4, -0.2) is 30.7 Å². The summed E-state index contributed by atoms with van der Waals surface area (Å²) in [5, 5.41) is 3.43. The van der Waals surface area contributed by atoms with E-state index in [1.807, 2.05) is 18.2 Å². The van der Waals surface area contributed by atoms with Crippen molar-refractivity contribution >= 4 is 0 Å². The highest BCUT2D eigenvalue weighted by atomic mass is 16.5. The lowest BCUT2D eigenvalue weighted by Crippen LogP contribution is -2.23. The molecule has 0 aliphatic carbocycles. The molecule has 0 fully saturated rings. The minimum Gasteiger partial charge on any atom is -0.497 e. The molecule has 0 radical (unpaired) electrons. The van der Waals surface area contributed by atoms with E-state index in [0.29, 0.717) is 0 Å². The molecule has 5 heteroatoms. The molecule has 0 saturated heterocycles. The van der Waals surface area contributed by atoms with Crippen LogP contribution in [0.1, 0.15) is 24.1 Å². The van der Waals surface area contributed by atoms with Crippen molar-refractivity contribution in [3.63, 3.8) is 0 Å². The highest BCUT2D eigenvalue weighted by Crippen LogP contribution is 2.32. The third-order valence-corrected chi connectivity index (χ3v) is 3.07. The van der Waals surface area contributed by atoms with Crippen LogP contribution in [0.2, 0.25) is 0 Å². The van der Waals surface area contributed by atoms with Crippen LogP contribution >= 0.6 is 0 Å². The fourth-order valence-corrected chi connectivity index (χ4v) is 2.14. The van der Waals surface area contributed by atoms with Crippen LogP contribution < -0.4 is 14.8 Å². The third-order valence-electron chi connectivity index (χ3n) is 3.07. The Labute approximate surface area is 119 Å². The summed E-state index contributed by atoms with van der Waals surface area (Å²) in [6.07, 6.45) is 5.13. The maximum Gasteiger partial charge on any atom is 0.124 e. The molecular weight excluding hydrogens is 254 g/mol. The molecule has 1 N–H and O–H groups in total. The first-order chi connectivity index (χ1) is 9.80. The quantitative estimate of drug-likeness (QED) is 0.874. The van der Waals surface area contributed by atoms with E-state index in [1.54, 1.807) is 26.6 Å². The fraction of sp³-hybridized carbons (Fsp3) is 0.333. The van der Waals surface area contributed by atoms with Gasteiger partial charge in [-0.1, -0.05) is 6.92 Å². The van der Waals surface area contributed by atoms with Crippen molar-refractivity contribution in [1.82, 2.24) is 15.3 Å². The topological polar surface area (TPSA) is 56.3 Å². The first kappa shape index (κ1) is 14.3. The van der Waals surface area contributed by atoms with E-state index in [4.69, 9.17) is 9.47 Å². The molecule has 0 aliphatic heterocycles. The number of benzene rings is 1. The Bertz CT molecular complexity index is 546. The van der Waals surface area contributed by atoms with Crippen LogP contribution in [-0.2, 0) is 0 Å². The van der Waals surface area contributed by atoms with E-state index in [2.05, 4.69) is 22.2 Å². The molecule has 0 spiro atoms. The van der Waals surface area contributed by atoms with Crippen molar-refractivity contribution in [1.29, 1.82) is 0 Å². The zero-order valence-electron chi connectivity index (χ0n) is 12.0. The summed E-state index contributed by atoms with van der Waals surface area (Å²) >= 11 is 0. The number of nitrogens with one attached hydrogen (secondary N) is 1. The van der Waals surface area contributed by atoms with Crippen molar-refractivity contribution < 1.29 is 9.47 Å². The molecule has 2 rings (SSSR count). The van der Waals surface area contributed by atoms with E-state index < -0.39 is 0 Å². The number of ether oxygens (including phenoxy) is 2. The van der Waals surface area contributed by atoms with Gasteiger partial charge in [-0.15, -0.1) is 0 Å². The van der Waals surface area contributed by atoms with Gasteiger partial charge in [-0.25, -0.2) is 9.97 Å². The van der Waals surface area contributed by atoms with E-state index >= 15 is 0 Å². The summed E-state index contributed by atoms with van der Waals surface area (Å²) in [7, 11) is 3.31. The number of rotatable bonds is 6. The molecular formula is C15H19N3O2. The van der Waals surface area contributed by atoms with E-state index in [9.17, 15) is 0 Å². The molecule has 1 atom stereocenters. The van der Waals surface area contributed by atoms with Crippen molar-refractivity contribution in [2.45, 2.75) is 13.0 Å². The molecule has 0 saturated carbocycles. The summed E-state index contributed by atoms with van der Waals surface area (Å²) in [4.78, 5) is 8.18. The highest BCUT2D eigenvalue weighted by Gasteiger charge is 2.18. The van der Waals surface area contributed by atoms with Crippen molar-refractivity contribution in [2.24, 2.45) is 0 Å². The molecule has 0 bridgehead atoms. The Morgan fingerprint density at radius 1 is 1.15 bits per heavy atom. The lowest BCUT2D eigenvalue weighted by molar-refractivity contribution is 0.394. The first-order valence-corrected chi connectivity index (χ1v) is 6.50. The smallest absolute Gasteiger partial charge is 0.124 e. The van der Waals surface area contributed by atoms with Crippen LogP contribution in [0, 0.1) is 0 Å². The highest BCUT2D eigenvalue weighted by molar-refractivity contribution is 5.45. The predicted octanol–water partition coefficient (Wildman–Crippen LogP) is 2.19. The molecule has 2 aromatic rings. The summed E-state index contributed by atoms with van der Waals surface area (Å²) in [6, 6.07) is 5.72. The molecule has 1 heterocycles. The van der Waals surface area contributed by atoms with E-state index in [0.717, 1.165) is 29.2 Å². The van der Waals surface area contributed by atoms with Crippen LogP contribution in [0.15, 0.2) is 36.9 Å². The second-order valence-corrected chi connectivity index (χ2v) is 4.27. The lowest BCUT2D eigenvalue weighted by atomic mass is 9.99. The molecule has 1 aromatic carbocycles. The van der Waals surface area contributed by atoms with E-state index in [1.165, 1.54) is 6.33 Å². The maximum absolute atomic E-state index is 5.46. The van der Waals surface area contributed by atoms with Gasteiger partial charge < -0.3 is 14.8 Å². The van der Waals surface area contributed by atoms with Gasteiger partial charge in [-0.2, -0.15) is 0 Å². The minimum absolute atomic E-state index is 0.0359. The first-order valence-electron chi connectivity index (χ1n) is 6.50. The van der Waals surface area contributed by atoms with Crippen molar-refractivity contribution in [2.75, 3.05) is 20.8 Å². The number of nitrogens with zero attached hydrogens (tertiary/aromatic N) is 2. The normalized spacial score (nSPS) is 11.9. The maximum atomic E-state index is 5.46. The predicted molar refractivity (Wildman–Crippen MR) is 77.1 cm³/mol.